The van der Waals surface area contributed by atoms with Gasteiger partial charge in [-0.05, 0) is 30.7 Å². The van der Waals surface area contributed by atoms with Crippen LogP contribution >= 0.6 is 0 Å². The fourth-order valence-corrected chi connectivity index (χ4v) is 3.07. The van der Waals surface area contributed by atoms with Gasteiger partial charge < -0.3 is 5.73 Å². The van der Waals surface area contributed by atoms with Crippen LogP contribution in [0.4, 0.5) is 13.2 Å². The number of unbranched alkanes of at least 4 members (excludes halogenated alkanes) is 1. The number of hydrogen-bond donors (Lipinski definition) is 2. The standard InChI is InChI=1S/C13H19F3N2O2S/c1-2-3-4-11(9-17)18-21(19,20)12-7-5-10(6-8-12)13(14,15)16/h5-8,11,18H,2-4,9,17H2,1H3. The van der Waals surface area contributed by atoms with E-state index in [-0.39, 0.29) is 11.4 Å². The van der Waals surface area contributed by atoms with E-state index >= 15 is 0 Å². The van der Waals surface area contributed by atoms with E-state index in [0.717, 1.165) is 37.1 Å². The van der Waals surface area contributed by atoms with Gasteiger partial charge in [-0.3, -0.25) is 0 Å². The minimum Gasteiger partial charge on any atom is -0.329 e. The minimum atomic E-state index is -4.49. The van der Waals surface area contributed by atoms with E-state index < -0.39 is 27.8 Å². The number of alkyl halides is 3. The average molecular weight is 324 g/mol. The van der Waals surface area contributed by atoms with Crippen molar-refractivity contribution in [3.05, 3.63) is 29.8 Å². The summed E-state index contributed by atoms with van der Waals surface area (Å²) in [5.74, 6) is 0. The van der Waals surface area contributed by atoms with Gasteiger partial charge in [-0.2, -0.15) is 13.2 Å². The summed E-state index contributed by atoms with van der Waals surface area (Å²) in [6.07, 6.45) is -2.18. The van der Waals surface area contributed by atoms with Crippen molar-refractivity contribution in [3.63, 3.8) is 0 Å². The lowest BCUT2D eigenvalue weighted by atomic mass is 10.1. The highest BCUT2D eigenvalue weighted by Gasteiger charge is 2.30. The molecule has 0 aromatic heterocycles. The molecule has 0 aliphatic heterocycles. The molecule has 0 heterocycles. The van der Waals surface area contributed by atoms with E-state index in [9.17, 15) is 21.6 Å². The van der Waals surface area contributed by atoms with Crippen LogP contribution in [0.2, 0.25) is 0 Å². The molecule has 3 N–H and O–H groups in total. The zero-order chi connectivity index (χ0) is 16.1. The molecular weight excluding hydrogens is 305 g/mol. The fraction of sp³-hybridized carbons (Fsp3) is 0.538. The number of sulfonamides is 1. The molecular formula is C13H19F3N2O2S. The first kappa shape index (κ1) is 17.9. The first-order valence-corrected chi connectivity index (χ1v) is 8.08. The van der Waals surface area contributed by atoms with Crippen molar-refractivity contribution in [2.75, 3.05) is 6.54 Å². The summed E-state index contributed by atoms with van der Waals surface area (Å²) in [5, 5.41) is 0. The predicted molar refractivity (Wildman–Crippen MR) is 74.1 cm³/mol. The third-order valence-corrected chi connectivity index (χ3v) is 4.54. The third-order valence-electron chi connectivity index (χ3n) is 3.00. The molecule has 0 amide bonds. The van der Waals surface area contributed by atoms with E-state index in [1.54, 1.807) is 0 Å². The molecule has 0 aliphatic carbocycles. The maximum atomic E-state index is 12.4. The Kier molecular flexibility index (Phi) is 6.18. The predicted octanol–water partition coefficient (Wildman–Crippen LogP) is 2.50. The summed E-state index contributed by atoms with van der Waals surface area (Å²) in [6.45, 7) is 2.11. The van der Waals surface area contributed by atoms with E-state index in [1.807, 2.05) is 6.92 Å². The smallest absolute Gasteiger partial charge is 0.329 e. The Hall–Kier alpha value is -1.12. The summed E-state index contributed by atoms with van der Waals surface area (Å²) in [6, 6.07) is 2.96. The summed E-state index contributed by atoms with van der Waals surface area (Å²) < 4.78 is 63.9. The Labute approximate surface area is 122 Å². The monoisotopic (exact) mass is 324 g/mol. The molecule has 0 aliphatic rings. The van der Waals surface area contributed by atoms with Crippen LogP contribution in [0.1, 0.15) is 31.7 Å². The summed E-state index contributed by atoms with van der Waals surface area (Å²) in [4.78, 5) is -0.203. The van der Waals surface area contributed by atoms with Crippen LogP contribution in [-0.2, 0) is 16.2 Å². The van der Waals surface area contributed by atoms with Crippen molar-refractivity contribution >= 4 is 10.0 Å². The molecule has 0 fully saturated rings. The summed E-state index contributed by atoms with van der Waals surface area (Å²) in [7, 11) is -3.86. The van der Waals surface area contributed by atoms with Gasteiger partial charge in [0.15, 0.2) is 0 Å². The number of benzene rings is 1. The second kappa shape index (κ2) is 7.24. The molecule has 1 aromatic rings. The molecule has 0 radical (unpaired) electrons. The van der Waals surface area contributed by atoms with Gasteiger partial charge >= 0.3 is 6.18 Å². The zero-order valence-electron chi connectivity index (χ0n) is 11.7. The van der Waals surface area contributed by atoms with Gasteiger partial charge in [0.2, 0.25) is 10.0 Å². The fourth-order valence-electron chi connectivity index (χ4n) is 1.79. The highest BCUT2D eigenvalue weighted by atomic mass is 32.2. The maximum Gasteiger partial charge on any atom is 0.416 e. The van der Waals surface area contributed by atoms with Crippen molar-refractivity contribution in [3.8, 4) is 0 Å². The summed E-state index contributed by atoms with van der Waals surface area (Å²) >= 11 is 0. The van der Waals surface area contributed by atoms with Gasteiger partial charge in [-0.25, -0.2) is 13.1 Å². The Morgan fingerprint density at radius 1 is 1.24 bits per heavy atom. The van der Waals surface area contributed by atoms with Crippen LogP contribution in [0.5, 0.6) is 0 Å². The van der Waals surface area contributed by atoms with Crippen molar-refractivity contribution in [1.29, 1.82) is 0 Å². The van der Waals surface area contributed by atoms with E-state index in [4.69, 9.17) is 5.73 Å². The van der Waals surface area contributed by atoms with Crippen molar-refractivity contribution < 1.29 is 21.6 Å². The van der Waals surface area contributed by atoms with Gasteiger partial charge in [0, 0.05) is 12.6 Å². The lowest BCUT2D eigenvalue weighted by Crippen LogP contribution is -2.40. The normalized spacial score (nSPS) is 14.1. The van der Waals surface area contributed by atoms with Crippen LogP contribution in [0.25, 0.3) is 0 Å². The minimum absolute atomic E-state index is 0.139. The van der Waals surface area contributed by atoms with Gasteiger partial charge in [0.25, 0.3) is 0 Å². The molecule has 0 saturated carbocycles. The first-order chi connectivity index (χ1) is 9.70. The molecule has 0 bridgehead atoms. The second-order valence-electron chi connectivity index (χ2n) is 4.72. The highest BCUT2D eigenvalue weighted by Crippen LogP contribution is 2.29. The molecule has 1 atom stereocenters. The molecule has 21 heavy (non-hydrogen) atoms. The number of rotatable bonds is 7. The van der Waals surface area contributed by atoms with Crippen LogP contribution in [0.3, 0.4) is 0 Å². The topological polar surface area (TPSA) is 72.2 Å². The summed E-state index contributed by atoms with van der Waals surface area (Å²) in [5.41, 5.74) is 4.62. The lowest BCUT2D eigenvalue weighted by molar-refractivity contribution is -0.137. The highest BCUT2D eigenvalue weighted by molar-refractivity contribution is 7.89. The van der Waals surface area contributed by atoms with Gasteiger partial charge in [0.05, 0.1) is 10.5 Å². The Morgan fingerprint density at radius 3 is 2.24 bits per heavy atom. The Bertz CT molecular complexity index is 542. The molecule has 1 rings (SSSR count). The first-order valence-electron chi connectivity index (χ1n) is 6.60. The van der Waals surface area contributed by atoms with Crippen molar-refractivity contribution in [2.45, 2.75) is 43.3 Å². The van der Waals surface area contributed by atoms with Crippen molar-refractivity contribution in [2.24, 2.45) is 5.73 Å². The number of halogens is 3. The Morgan fingerprint density at radius 2 is 1.81 bits per heavy atom. The van der Waals surface area contributed by atoms with E-state index in [2.05, 4.69) is 4.72 Å². The molecule has 8 heteroatoms. The molecule has 0 saturated heterocycles. The second-order valence-corrected chi connectivity index (χ2v) is 6.43. The number of nitrogens with two attached hydrogens (primary N) is 1. The molecule has 1 unspecified atom stereocenters. The molecule has 120 valence electrons. The largest absolute Gasteiger partial charge is 0.416 e. The van der Waals surface area contributed by atoms with E-state index in [1.165, 1.54) is 0 Å². The maximum absolute atomic E-state index is 12.4. The van der Waals surface area contributed by atoms with Crippen molar-refractivity contribution in [1.82, 2.24) is 4.72 Å². The van der Waals surface area contributed by atoms with Gasteiger partial charge in [0.1, 0.15) is 0 Å². The van der Waals surface area contributed by atoms with Crippen LogP contribution < -0.4 is 10.5 Å². The molecule has 1 aromatic carbocycles. The van der Waals surface area contributed by atoms with Gasteiger partial charge in [-0.15, -0.1) is 0 Å². The number of hydrogen-bond acceptors (Lipinski definition) is 3. The zero-order valence-corrected chi connectivity index (χ0v) is 12.5. The lowest BCUT2D eigenvalue weighted by Gasteiger charge is -2.17. The Balaban J connectivity index is 2.87. The molecule has 0 spiro atoms. The van der Waals surface area contributed by atoms with Crippen LogP contribution in [0.15, 0.2) is 29.2 Å². The quantitative estimate of drug-likeness (QED) is 0.809. The van der Waals surface area contributed by atoms with Crippen LogP contribution in [-0.4, -0.2) is 21.0 Å². The van der Waals surface area contributed by atoms with E-state index in [0.29, 0.717) is 6.42 Å². The number of nitrogens with one attached hydrogen (secondary N) is 1. The molecule has 4 nitrogen and oxygen atoms in total. The van der Waals surface area contributed by atoms with Gasteiger partial charge in [-0.1, -0.05) is 19.8 Å². The average Bonchev–Trinajstić information content (AvgIpc) is 2.42. The van der Waals surface area contributed by atoms with Crippen LogP contribution in [0, 0.1) is 0 Å². The third kappa shape index (κ3) is 5.29. The SMILES string of the molecule is CCCCC(CN)NS(=O)(=O)c1ccc(C(F)(F)F)cc1.